The van der Waals surface area contributed by atoms with Gasteiger partial charge in [-0.3, -0.25) is 9.89 Å². The van der Waals surface area contributed by atoms with Crippen molar-refractivity contribution in [1.29, 1.82) is 0 Å². The van der Waals surface area contributed by atoms with Crippen LogP contribution in [-0.2, 0) is 0 Å². The zero-order chi connectivity index (χ0) is 12.1. The lowest BCUT2D eigenvalue weighted by atomic mass is 10.2. The Bertz CT molecular complexity index is 402. The van der Waals surface area contributed by atoms with Crippen LogP contribution in [0, 0.1) is 6.92 Å². The Balaban J connectivity index is 0.00000256. The zero-order valence-corrected chi connectivity index (χ0v) is 11.5. The fraction of sp³-hybridized carbons (Fsp3) is 0.273. The van der Waals surface area contributed by atoms with Gasteiger partial charge in [-0.25, -0.2) is 0 Å². The average Bonchev–Trinajstić information content (AvgIpc) is 2.21. The molecule has 0 aromatic heterocycles. The minimum Gasteiger partial charge on any atom is -0.376 e. The van der Waals surface area contributed by atoms with Crippen LogP contribution >= 0.6 is 24.6 Å². The van der Waals surface area contributed by atoms with Gasteiger partial charge in [-0.1, -0.05) is 17.7 Å². The highest BCUT2D eigenvalue weighted by atomic mass is 35.5. The van der Waals surface area contributed by atoms with E-state index in [9.17, 15) is 0 Å². The standard InChI is InChI=1S/C11H16N4S.ClH/c1-3-14-10(12)15(11(13)16)9-6-4-8(2)5-7-9;/h4-7H,3H2,1-2H3,(H2,12,14)(H2,13,16);1H. The Kier molecular flexibility index (Phi) is 6.53. The molecule has 17 heavy (non-hydrogen) atoms. The molecule has 0 heterocycles. The smallest absolute Gasteiger partial charge is 0.202 e. The number of guanidine groups is 1. The van der Waals surface area contributed by atoms with Gasteiger partial charge in [-0.05, 0) is 38.2 Å². The van der Waals surface area contributed by atoms with Crippen LogP contribution in [0.15, 0.2) is 29.3 Å². The monoisotopic (exact) mass is 272 g/mol. The van der Waals surface area contributed by atoms with Gasteiger partial charge in [0.15, 0.2) is 5.11 Å². The van der Waals surface area contributed by atoms with Gasteiger partial charge in [0, 0.05) is 6.54 Å². The highest BCUT2D eigenvalue weighted by molar-refractivity contribution is 7.80. The van der Waals surface area contributed by atoms with Gasteiger partial charge in [-0.15, -0.1) is 12.4 Å². The molecule has 0 atom stereocenters. The summed E-state index contributed by atoms with van der Waals surface area (Å²) in [5.41, 5.74) is 13.4. The summed E-state index contributed by atoms with van der Waals surface area (Å²) in [6.07, 6.45) is 0. The summed E-state index contributed by atoms with van der Waals surface area (Å²) < 4.78 is 0. The molecular weight excluding hydrogens is 256 g/mol. The number of rotatable bonds is 2. The van der Waals surface area contributed by atoms with Crippen LogP contribution < -0.4 is 16.4 Å². The first kappa shape index (κ1) is 15.7. The van der Waals surface area contributed by atoms with Crippen molar-refractivity contribution in [3.05, 3.63) is 29.8 Å². The molecule has 0 saturated carbocycles. The number of nitrogens with two attached hydrogens (primary N) is 2. The maximum absolute atomic E-state index is 5.81. The molecule has 0 saturated heterocycles. The predicted octanol–water partition coefficient (Wildman–Crippen LogP) is 1.80. The molecule has 1 aromatic rings. The van der Waals surface area contributed by atoms with Crippen molar-refractivity contribution in [1.82, 2.24) is 0 Å². The normalized spacial score (nSPS) is 10.6. The van der Waals surface area contributed by atoms with Crippen LogP contribution in [-0.4, -0.2) is 17.6 Å². The Labute approximate surface area is 113 Å². The summed E-state index contributed by atoms with van der Waals surface area (Å²) in [6.45, 7) is 4.51. The molecule has 4 N–H and O–H groups in total. The number of anilines is 1. The van der Waals surface area contributed by atoms with E-state index in [1.165, 1.54) is 0 Å². The summed E-state index contributed by atoms with van der Waals surface area (Å²) in [5.74, 6) is 0.318. The zero-order valence-electron chi connectivity index (χ0n) is 9.88. The van der Waals surface area contributed by atoms with Gasteiger partial charge in [0.25, 0.3) is 0 Å². The fourth-order valence-electron chi connectivity index (χ4n) is 1.30. The second-order valence-corrected chi connectivity index (χ2v) is 3.76. The topological polar surface area (TPSA) is 67.6 Å². The molecule has 1 rings (SSSR count). The van der Waals surface area contributed by atoms with E-state index in [0.717, 1.165) is 11.3 Å². The molecule has 0 aliphatic rings. The van der Waals surface area contributed by atoms with Crippen LogP contribution in [0.1, 0.15) is 12.5 Å². The van der Waals surface area contributed by atoms with Gasteiger partial charge < -0.3 is 11.5 Å². The lowest BCUT2D eigenvalue weighted by Crippen LogP contribution is -2.45. The fourth-order valence-corrected chi connectivity index (χ4v) is 1.50. The maximum Gasteiger partial charge on any atom is 0.202 e. The van der Waals surface area contributed by atoms with E-state index in [0.29, 0.717) is 12.5 Å². The number of halogens is 1. The van der Waals surface area contributed by atoms with Gasteiger partial charge in [0.05, 0.1) is 5.69 Å². The van der Waals surface area contributed by atoms with E-state index in [1.54, 1.807) is 4.90 Å². The SMILES string of the molecule is CCN=C(N)N(C(N)=S)c1ccc(C)cc1.Cl. The second-order valence-electron chi connectivity index (χ2n) is 3.34. The first-order chi connectivity index (χ1) is 7.56. The molecule has 0 fully saturated rings. The third kappa shape index (κ3) is 4.20. The van der Waals surface area contributed by atoms with E-state index >= 15 is 0 Å². The molecule has 0 aliphatic carbocycles. The third-order valence-electron chi connectivity index (χ3n) is 2.06. The largest absolute Gasteiger partial charge is 0.376 e. The van der Waals surface area contributed by atoms with Crippen molar-refractivity contribution in [2.75, 3.05) is 11.4 Å². The van der Waals surface area contributed by atoms with E-state index < -0.39 is 0 Å². The molecule has 0 unspecified atom stereocenters. The van der Waals surface area contributed by atoms with Crippen LogP contribution in [0.2, 0.25) is 0 Å². The van der Waals surface area contributed by atoms with Gasteiger partial charge in [0.1, 0.15) is 0 Å². The van der Waals surface area contributed by atoms with E-state index in [-0.39, 0.29) is 17.5 Å². The van der Waals surface area contributed by atoms with Gasteiger partial charge in [-0.2, -0.15) is 0 Å². The summed E-state index contributed by atoms with van der Waals surface area (Å²) in [6, 6.07) is 7.76. The van der Waals surface area contributed by atoms with Crippen LogP contribution in [0.25, 0.3) is 0 Å². The molecular formula is C11H17ClN4S. The Hall–Kier alpha value is -1.33. The third-order valence-corrected chi connectivity index (χ3v) is 2.24. The summed E-state index contributed by atoms with van der Waals surface area (Å²) in [5, 5.41) is 0.193. The quantitative estimate of drug-likeness (QED) is 0.489. The molecule has 94 valence electrons. The van der Waals surface area contributed by atoms with Crippen LogP contribution in [0.4, 0.5) is 5.69 Å². The predicted molar refractivity (Wildman–Crippen MR) is 79.9 cm³/mol. The van der Waals surface area contributed by atoms with E-state index in [4.69, 9.17) is 23.7 Å². The van der Waals surface area contributed by atoms with Crippen molar-refractivity contribution in [3.8, 4) is 0 Å². The Morgan fingerprint density at radius 3 is 2.24 bits per heavy atom. The van der Waals surface area contributed by atoms with Crippen molar-refractivity contribution in [3.63, 3.8) is 0 Å². The number of aliphatic imine (C=N–C) groups is 1. The lowest BCUT2D eigenvalue weighted by molar-refractivity contribution is 1.10. The van der Waals surface area contributed by atoms with Gasteiger partial charge >= 0.3 is 0 Å². The minimum absolute atomic E-state index is 0. The molecule has 0 bridgehead atoms. The van der Waals surface area contributed by atoms with E-state index in [2.05, 4.69) is 4.99 Å². The molecule has 0 amide bonds. The number of thiocarbonyl (C=S) groups is 1. The van der Waals surface area contributed by atoms with Crippen molar-refractivity contribution >= 4 is 41.4 Å². The summed E-state index contributed by atoms with van der Waals surface area (Å²) >= 11 is 4.97. The number of hydrogen-bond donors (Lipinski definition) is 2. The number of benzene rings is 1. The minimum atomic E-state index is 0. The highest BCUT2D eigenvalue weighted by Crippen LogP contribution is 2.14. The van der Waals surface area contributed by atoms with E-state index in [1.807, 2.05) is 38.1 Å². The maximum atomic E-state index is 5.81. The Morgan fingerprint density at radius 2 is 1.82 bits per heavy atom. The van der Waals surface area contributed by atoms with Crippen molar-refractivity contribution in [2.24, 2.45) is 16.5 Å². The Morgan fingerprint density at radius 1 is 1.29 bits per heavy atom. The molecule has 0 spiro atoms. The number of aryl methyl sites for hydroxylation is 1. The summed E-state index contributed by atoms with van der Waals surface area (Å²) in [4.78, 5) is 5.65. The molecule has 4 nitrogen and oxygen atoms in total. The number of hydrogen-bond acceptors (Lipinski definition) is 2. The van der Waals surface area contributed by atoms with Gasteiger partial charge in [0.2, 0.25) is 5.96 Å². The summed E-state index contributed by atoms with van der Waals surface area (Å²) in [7, 11) is 0. The first-order valence-corrected chi connectivity index (χ1v) is 5.43. The van der Waals surface area contributed by atoms with Crippen LogP contribution in [0.5, 0.6) is 0 Å². The lowest BCUT2D eigenvalue weighted by Gasteiger charge is -2.21. The average molecular weight is 273 g/mol. The second kappa shape index (κ2) is 7.09. The molecule has 6 heteroatoms. The van der Waals surface area contributed by atoms with Crippen LogP contribution in [0.3, 0.4) is 0 Å². The highest BCUT2D eigenvalue weighted by Gasteiger charge is 2.12. The number of nitrogens with zero attached hydrogens (tertiary/aromatic N) is 2. The molecule has 0 aliphatic heterocycles. The molecule has 0 radical (unpaired) electrons. The van der Waals surface area contributed by atoms with Crippen molar-refractivity contribution < 1.29 is 0 Å². The van der Waals surface area contributed by atoms with Crippen molar-refractivity contribution in [2.45, 2.75) is 13.8 Å². The molecule has 1 aromatic carbocycles. The first-order valence-electron chi connectivity index (χ1n) is 5.02.